The fourth-order valence-electron chi connectivity index (χ4n) is 1.83. The van der Waals surface area contributed by atoms with E-state index in [-0.39, 0.29) is 5.91 Å². The van der Waals surface area contributed by atoms with Crippen molar-refractivity contribution in [3.8, 4) is 5.75 Å². The summed E-state index contributed by atoms with van der Waals surface area (Å²) in [5, 5.41) is 2.88. The second-order valence-electron chi connectivity index (χ2n) is 5.46. The van der Waals surface area contributed by atoms with E-state index in [9.17, 15) is 4.79 Å². The van der Waals surface area contributed by atoms with Crippen LogP contribution in [0.25, 0.3) is 0 Å². The van der Waals surface area contributed by atoms with E-state index in [4.69, 9.17) is 9.47 Å². The van der Waals surface area contributed by atoms with E-state index in [1.54, 1.807) is 13.8 Å². The summed E-state index contributed by atoms with van der Waals surface area (Å²) in [7, 11) is 1.53. The molecule has 0 saturated heterocycles. The fraction of sp³-hybridized carbons (Fsp3) is 0.562. The third-order valence-corrected chi connectivity index (χ3v) is 3.23. The SMILES string of the molecule is CCCOc1c(C)cc(NC(=O)C(C)(C)OC)cc1C. The summed E-state index contributed by atoms with van der Waals surface area (Å²) in [6.07, 6.45) is 0.972. The van der Waals surface area contributed by atoms with Crippen LogP contribution in [0.5, 0.6) is 5.75 Å². The summed E-state index contributed by atoms with van der Waals surface area (Å²) in [5.74, 6) is 0.733. The van der Waals surface area contributed by atoms with E-state index in [1.807, 2.05) is 26.0 Å². The molecular weight excluding hydrogens is 254 g/mol. The van der Waals surface area contributed by atoms with Gasteiger partial charge in [0.2, 0.25) is 0 Å². The van der Waals surface area contributed by atoms with E-state index in [0.717, 1.165) is 29.0 Å². The van der Waals surface area contributed by atoms with Crippen LogP contribution in [0.2, 0.25) is 0 Å². The maximum absolute atomic E-state index is 12.1. The smallest absolute Gasteiger partial charge is 0.256 e. The molecule has 1 amide bonds. The lowest BCUT2D eigenvalue weighted by Gasteiger charge is -2.22. The Hall–Kier alpha value is -1.55. The van der Waals surface area contributed by atoms with Crippen molar-refractivity contribution >= 4 is 11.6 Å². The Morgan fingerprint density at radius 1 is 1.25 bits per heavy atom. The molecule has 0 spiro atoms. The Morgan fingerprint density at radius 2 is 1.80 bits per heavy atom. The molecule has 112 valence electrons. The molecule has 4 nitrogen and oxygen atoms in total. The molecule has 1 rings (SSSR count). The van der Waals surface area contributed by atoms with Crippen molar-refractivity contribution in [3.05, 3.63) is 23.3 Å². The quantitative estimate of drug-likeness (QED) is 0.867. The van der Waals surface area contributed by atoms with Crippen LogP contribution in [0.15, 0.2) is 12.1 Å². The molecular formula is C16H25NO3. The number of benzene rings is 1. The van der Waals surface area contributed by atoms with Crippen molar-refractivity contribution < 1.29 is 14.3 Å². The Kier molecular flexibility index (Phi) is 5.57. The largest absolute Gasteiger partial charge is 0.493 e. The molecule has 0 atom stereocenters. The zero-order valence-corrected chi connectivity index (χ0v) is 13.3. The molecule has 4 heteroatoms. The number of aryl methyl sites for hydroxylation is 2. The molecule has 0 heterocycles. The summed E-state index contributed by atoms with van der Waals surface area (Å²) in [6.45, 7) is 10.2. The van der Waals surface area contributed by atoms with Crippen molar-refractivity contribution in [2.45, 2.75) is 46.6 Å². The molecule has 1 aromatic rings. The Balaban J connectivity index is 2.91. The van der Waals surface area contributed by atoms with Gasteiger partial charge in [0.1, 0.15) is 11.4 Å². The van der Waals surface area contributed by atoms with Crippen LogP contribution in [0, 0.1) is 13.8 Å². The maximum atomic E-state index is 12.1. The number of nitrogens with one attached hydrogen (secondary N) is 1. The summed E-state index contributed by atoms with van der Waals surface area (Å²) < 4.78 is 10.9. The number of methoxy groups -OCH3 is 1. The minimum atomic E-state index is -0.848. The second-order valence-corrected chi connectivity index (χ2v) is 5.46. The zero-order valence-electron chi connectivity index (χ0n) is 13.3. The van der Waals surface area contributed by atoms with Gasteiger partial charge in [-0.05, 0) is 57.4 Å². The number of rotatable bonds is 6. The summed E-state index contributed by atoms with van der Waals surface area (Å²) in [5.41, 5.74) is 1.95. The summed E-state index contributed by atoms with van der Waals surface area (Å²) >= 11 is 0. The van der Waals surface area contributed by atoms with Crippen molar-refractivity contribution in [2.75, 3.05) is 19.0 Å². The highest BCUT2D eigenvalue weighted by atomic mass is 16.5. The minimum Gasteiger partial charge on any atom is -0.493 e. The highest BCUT2D eigenvalue weighted by Crippen LogP contribution is 2.28. The molecule has 0 aliphatic rings. The van der Waals surface area contributed by atoms with Crippen LogP contribution in [-0.2, 0) is 9.53 Å². The van der Waals surface area contributed by atoms with Crippen molar-refractivity contribution in [1.29, 1.82) is 0 Å². The number of anilines is 1. The Morgan fingerprint density at radius 3 is 2.25 bits per heavy atom. The van der Waals surface area contributed by atoms with Crippen molar-refractivity contribution in [3.63, 3.8) is 0 Å². The van der Waals surface area contributed by atoms with Crippen LogP contribution in [0.4, 0.5) is 5.69 Å². The van der Waals surface area contributed by atoms with Crippen molar-refractivity contribution in [2.24, 2.45) is 0 Å². The number of amides is 1. The first-order chi connectivity index (χ1) is 9.31. The van der Waals surface area contributed by atoms with Gasteiger partial charge in [-0.3, -0.25) is 4.79 Å². The normalized spacial score (nSPS) is 11.3. The van der Waals surface area contributed by atoms with Gasteiger partial charge in [0.25, 0.3) is 5.91 Å². The van der Waals surface area contributed by atoms with Gasteiger partial charge in [-0.25, -0.2) is 0 Å². The highest BCUT2D eigenvalue weighted by molar-refractivity contribution is 5.97. The lowest BCUT2D eigenvalue weighted by molar-refractivity contribution is -0.133. The second kappa shape index (κ2) is 6.75. The number of hydrogen-bond donors (Lipinski definition) is 1. The van der Waals surface area contributed by atoms with Crippen molar-refractivity contribution in [1.82, 2.24) is 0 Å². The first kappa shape index (κ1) is 16.5. The molecule has 0 bridgehead atoms. The number of hydrogen-bond acceptors (Lipinski definition) is 3. The van der Waals surface area contributed by atoms with E-state index in [2.05, 4.69) is 12.2 Å². The number of carbonyl (C=O) groups is 1. The number of ether oxygens (including phenoxy) is 2. The Labute approximate surface area is 121 Å². The van der Waals surface area contributed by atoms with E-state index >= 15 is 0 Å². The third kappa shape index (κ3) is 3.97. The first-order valence-electron chi connectivity index (χ1n) is 6.92. The average Bonchev–Trinajstić information content (AvgIpc) is 2.37. The monoisotopic (exact) mass is 279 g/mol. The lowest BCUT2D eigenvalue weighted by atomic mass is 10.1. The van der Waals surface area contributed by atoms with Crippen LogP contribution in [0.1, 0.15) is 38.3 Å². The predicted molar refractivity (Wildman–Crippen MR) is 81.4 cm³/mol. The Bertz CT molecular complexity index is 458. The lowest BCUT2D eigenvalue weighted by Crippen LogP contribution is -2.38. The molecule has 0 aliphatic carbocycles. The molecule has 0 unspecified atom stereocenters. The van der Waals surface area contributed by atoms with Gasteiger partial charge in [0, 0.05) is 12.8 Å². The molecule has 20 heavy (non-hydrogen) atoms. The number of carbonyl (C=O) groups excluding carboxylic acids is 1. The van der Waals surface area contributed by atoms with Gasteiger partial charge < -0.3 is 14.8 Å². The standard InChI is InChI=1S/C16H25NO3/c1-7-8-20-14-11(2)9-13(10-12(14)3)17-15(18)16(4,5)19-6/h9-10H,7-8H2,1-6H3,(H,17,18). The molecule has 0 aliphatic heterocycles. The van der Waals surface area contributed by atoms with Gasteiger partial charge in [0.15, 0.2) is 0 Å². The minimum absolute atomic E-state index is 0.166. The maximum Gasteiger partial charge on any atom is 0.256 e. The van der Waals surface area contributed by atoms with E-state index in [0.29, 0.717) is 6.61 Å². The molecule has 1 N–H and O–H groups in total. The van der Waals surface area contributed by atoms with Crippen LogP contribution in [-0.4, -0.2) is 25.2 Å². The van der Waals surface area contributed by atoms with E-state index in [1.165, 1.54) is 7.11 Å². The molecule has 0 fully saturated rings. The van der Waals surface area contributed by atoms with E-state index < -0.39 is 5.60 Å². The highest BCUT2D eigenvalue weighted by Gasteiger charge is 2.27. The van der Waals surface area contributed by atoms with Gasteiger partial charge >= 0.3 is 0 Å². The molecule has 0 aromatic heterocycles. The van der Waals surface area contributed by atoms with Crippen LogP contribution in [0.3, 0.4) is 0 Å². The summed E-state index contributed by atoms with van der Waals surface area (Å²) in [6, 6.07) is 3.84. The third-order valence-electron chi connectivity index (χ3n) is 3.23. The van der Waals surface area contributed by atoms with Crippen LogP contribution < -0.4 is 10.1 Å². The fourth-order valence-corrected chi connectivity index (χ4v) is 1.83. The predicted octanol–water partition coefficient (Wildman–Crippen LogP) is 3.46. The summed E-state index contributed by atoms with van der Waals surface area (Å²) in [4.78, 5) is 12.1. The topological polar surface area (TPSA) is 47.6 Å². The molecule has 0 radical (unpaired) electrons. The molecule has 1 aromatic carbocycles. The zero-order chi connectivity index (χ0) is 15.3. The van der Waals surface area contributed by atoms with Gasteiger partial charge in [-0.2, -0.15) is 0 Å². The van der Waals surface area contributed by atoms with Crippen LogP contribution >= 0.6 is 0 Å². The van der Waals surface area contributed by atoms with Gasteiger partial charge in [0.05, 0.1) is 6.61 Å². The van der Waals surface area contributed by atoms with Gasteiger partial charge in [-0.15, -0.1) is 0 Å². The molecule has 0 saturated carbocycles. The first-order valence-corrected chi connectivity index (χ1v) is 6.92. The van der Waals surface area contributed by atoms with Gasteiger partial charge in [-0.1, -0.05) is 6.92 Å². The average molecular weight is 279 g/mol.